The SMILES string of the molecule is COC(=O)c1cccc(C(=O)Nc2cccc(Br)c2)c1. The minimum Gasteiger partial charge on any atom is -0.465 e. The molecule has 0 spiro atoms. The van der Waals surface area contributed by atoms with Crippen LogP contribution in [0.2, 0.25) is 0 Å². The van der Waals surface area contributed by atoms with Gasteiger partial charge in [0, 0.05) is 15.7 Å². The van der Waals surface area contributed by atoms with Crippen LogP contribution in [0, 0.1) is 0 Å². The number of ether oxygens (including phenoxy) is 1. The lowest BCUT2D eigenvalue weighted by Crippen LogP contribution is -2.13. The van der Waals surface area contributed by atoms with Crippen LogP contribution in [0.1, 0.15) is 20.7 Å². The molecule has 0 saturated heterocycles. The highest BCUT2D eigenvalue weighted by molar-refractivity contribution is 9.10. The molecule has 1 amide bonds. The van der Waals surface area contributed by atoms with Crippen LogP contribution in [0.5, 0.6) is 0 Å². The average molecular weight is 334 g/mol. The molecule has 0 bridgehead atoms. The Balaban J connectivity index is 2.19. The van der Waals surface area contributed by atoms with E-state index in [-0.39, 0.29) is 5.91 Å². The Bertz CT molecular complexity index is 655. The summed E-state index contributed by atoms with van der Waals surface area (Å²) < 4.78 is 5.50. The number of esters is 1. The molecule has 2 aromatic rings. The van der Waals surface area contributed by atoms with Gasteiger partial charge in [-0.05, 0) is 36.4 Å². The van der Waals surface area contributed by atoms with Crippen molar-refractivity contribution < 1.29 is 14.3 Å². The molecule has 0 unspecified atom stereocenters. The van der Waals surface area contributed by atoms with Crippen molar-refractivity contribution in [2.75, 3.05) is 12.4 Å². The number of rotatable bonds is 3. The maximum absolute atomic E-state index is 12.1. The second-order valence-electron chi connectivity index (χ2n) is 4.04. The third-order valence-corrected chi connectivity index (χ3v) is 3.12. The molecule has 0 aliphatic rings. The van der Waals surface area contributed by atoms with Crippen LogP contribution >= 0.6 is 15.9 Å². The first-order valence-corrected chi connectivity index (χ1v) is 6.65. The first-order valence-electron chi connectivity index (χ1n) is 5.85. The smallest absolute Gasteiger partial charge is 0.337 e. The Hall–Kier alpha value is -2.14. The average Bonchev–Trinajstić information content (AvgIpc) is 2.46. The zero-order valence-corrected chi connectivity index (χ0v) is 12.3. The molecule has 2 rings (SSSR count). The van der Waals surface area contributed by atoms with Gasteiger partial charge < -0.3 is 10.1 Å². The minimum atomic E-state index is -0.470. The summed E-state index contributed by atoms with van der Waals surface area (Å²) in [6.07, 6.45) is 0. The van der Waals surface area contributed by atoms with Gasteiger partial charge in [-0.1, -0.05) is 28.1 Å². The van der Waals surface area contributed by atoms with Gasteiger partial charge in [-0.25, -0.2) is 4.79 Å². The highest BCUT2D eigenvalue weighted by atomic mass is 79.9. The number of methoxy groups -OCH3 is 1. The van der Waals surface area contributed by atoms with Gasteiger partial charge in [0.05, 0.1) is 12.7 Å². The quantitative estimate of drug-likeness (QED) is 0.875. The van der Waals surface area contributed by atoms with Gasteiger partial charge in [0.25, 0.3) is 5.91 Å². The largest absolute Gasteiger partial charge is 0.465 e. The number of halogens is 1. The number of nitrogens with one attached hydrogen (secondary N) is 1. The van der Waals surface area contributed by atoms with E-state index in [1.54, 1.807) is 30.3 Å². The highest BCUT2D eigenvalue weighted by Crippen LogP contribution is 2.17. The zero-order valence-electron chi connectivity index (χ0n) is 10.7. The molecule has 0 atom stereocenters. The number of hydrogen-bond donors (Lipinski definition) is 1. The van der Waals surface area contributed by atoms with Crippen molar-refractivity contribution >= 4 is 33.5 Å². The van der Waals surface area contributed by atoms with E-state index >= 15 is 0 Å². The fourth-order valence-corrected chi connectivity index (χ4v) is 2.07. The first kappa shape index (κ1) is 14.3. The van der Waals surface area contributed by atoms with Crippen LogP contribution in [0.4, 0.5) is 5.69 Å². The Labute approximate surface area is 124 Å². The van der Waals surface area contributed by atoms with Crippen molar-refractivity contribution in [1.29, 1.82) is 0 Å². The van der Waals surface area contributed by atoms with E-state index in [9.17, 15) is 9.59 Å². The van der Waals surface area contributed by atoms with Gasteiger partial charge >= 0.3 is 5.97 Å². The van der Waals surface area contributed by atoms with Crippen LogP contribution in [0.3, 0.4) is 0 Å². The summed E-state index contributed by atoms with van der Waals surface area (Å²) in [7, 11) is 1.30. The van der Waals surface area contributed by atoms with Crippen LogP contribution in [-0.2, 0) is 4.74 Å². The van der Waals surface area contributed by atoms with Crippen molar-refractivity contribution in [3.63, 3.8) is 0 Å². The molecule has 4 nitrogen and oxygen atoms in total. The van der Waals surface area contributed by atoms with Crippen LogP contribution < -0.4 is 5.32 Å². The van der Waals surface area contributed by atoms with E-state index in [2.05, 4.69) is 26.0 Å². The summed E-state index contributed by atoms with van der Waals surface area (Å²) in [5.74, 6) is -0.754. The Morgan fingerprint density at radius 2 is 1.75 bits per heavy atom. The van der Waals surface area contributed by atoms with Crippen molar-refractivity contribution in [3.8, 4) is 0 Å². The molecule has 0 fully saturated rings. The van der Waals surface area contributed by atoms with Crippen molar-refractivity contribution in [2.24, 2.45) is 0 Å². The molecular formula is C15H12BrNO3. The normalized spacial score (nSPS) is 9.90. The molecule has 2 aromatic carbocycles. The molecule has 20 heavy (non-hydrogen) atoms. The summed E-state index contributed by atoms with van der Waals surface area (Å²) in [6, 6.07) is 13.6. The minimum absolute atomic E-state index is 0.283. The number of amides is 1. The van der Waals surface area contributed by atoms with E-state index in [4.69, 9.17) is 0 Å². The Kier molecular flexibility index (Phi) is 4.53. The van der Waals surface area contributed by atoms with E-state index in [0.717, 1.165) is 4.47 Å². The molecule has 0 aliphatic carbocycles. The molecule has 0 heterocycles. The third-order valence-electron chi connectivity index (χ3n) is 2.63. The van der Waals surface area contributed by atoms with Gasteiger partial charge in [0.2, 0.25) is 0 Å². The standard InChI is InChI=1S/C15H12BrNO3/c1-20-15(19)11-5-2-4-10(8-11)14(18)17-13-7-3-6-12(16)9-13/h2-9H,1H3,(H,17,18). The Morgan fingerprint density at radius 3 is 2.45 bits per heavy atom. The van der Waals surface area contributed by atoms with Gasteiger partial charge in [-0.15, -0.1) is 0 Å². The lowest BCUT2D eigenvalue weighted by atomic mass is 10.1. The Morgan fingerprint density at radius 1 is 1.05 bits per heavy atom. The maximum Gasteiger partial charge on any atom is 0.337 e. The van der Waals surface area contributed by atoms with Crippen LogP contribution in [0.25, 0.3) is 0 Å². The fraction of sp³-hybridized carbons (Fsp3) is 0.0667. The number of carbonyl (C=O) groups excluding carboxylic acids is 2. The number of carbonyl (C=O) groups is 2. The molecular weight excluding hydrogens is 322 g/mol. The number of hydrogen-bond acceptors (Lipinski definition) is 3. The van der Waals surface area contributed by atoms with Gasteiger partial charge in [-0.2, -0.15) is 0 Å². The van der Waals surface area contributed by atoms with Gasteiger partial charge in [0.15, 0.2) is 0 Å². The number of anilines is 1. The summed E-state index contributed by atoms with van der Waals surface area (Å²) in [4.78, 5) is 23.5. The van der Waals surface area contributed by atoms with Gasteiger partial charge in [0.1, 0.15) is 0 Å². The second kappa shape index (κ2) is 6.34. The van der Waals surface area contributed by atoms with E-state index in [0.29, 0.717) is 16.8 Å². The molecule has 0 aliphatic heterocycles. The predicted octanol–water partition coefficient (Wildman–Crippen LogP) is 3.49. The predicted molar refractivity (Wildman–Crippen MR) is 79.9 cm³/mol. The summed E-state index contributed by atoms with van der Waals surface area (Å²) in [6.45, 7) is 0. The van der Waals surface area contributed by atoms with Gasteiger partial charge in [-0.3, -0.25) is 4.79 Å². The summed E-state index contributed by atoms with van der Waals surface area (Å²) in [5, 5.41) is 2.76. The highest BCUT2D eigenvalue weighted by Gasteiger charge is 2.10. The van der Waals surface area contributed by atoms with E-state index < -0.39 is 5.97 Å². The van der Waals surface area contributed by atoms with Crippen LogP contribution in [-0.4, -0.2) is 19.0 Å². The van der Waals surface area contributed by atoms with E-state index in [1.807, 2.05) is 12.1 Å². The van der Waals surface area contributed by atoms with E-state index in [1.165, 1.54) is 13.2 Å². The topological polar surface area (TPSA) is 55.4 Å². The summed E-state index contributed by atoms with van der Waals surface area (Å²) >= 11 is 3.34. The second-order valence-corrected chi connectivity index (χ2v) is 4.95. The van der Waals surface area contributed by atoms with Crippen LogP contribution in [0.15, 0.2) is 53.0 Å². The third kappa shape index (κ3) is 3.45. The molecule has 0 radical (unpaired) electrons. The molecule has 5 heteroatoms. The van der Waals surface area contributed by atoms with Crippen molar-refractivity contribution in [1.82, 2.24) is 0 Å². The lowest BCUT2D eigenvalue weighted by molar-refractivity contribution is 0.0600. The molecule has 1 N–H and O–H groups in total. The molecule has 102 valence electrons. The molecule has 0 saturated carbocycles. The zero-order chi connectivity index (χ0) is 14.5. The van der Waals surface area contributed by atoms with Crippen molar-refractivity contribution in [3.05, 3.63) is 64.1 Å². The van der Waals surface area contributed by atoms with Crippen molar-refractivity contribution in [2.45, 2.75) is 0 Å². The first-order chi connectivity index (χ1) is 9.60. The maximum atomic E-state index is 12.1. The lowest BCUT2D eigenvalue weighted by Gasteiger charge is -2.06. The number of benzene rings is 2. The monoisotopic (exact) mass is 333 g/mol. The fourth-order valence-electron chi connectivity index (χ4n) is 1.67. The molecule has 0 aromatic heterocycles. The summed E-state index contributed by atoms with van der Waals surface area (Å²) in [5.41, 5.74) is 1.41.